The maximum Gasteiger partial charge on any atom is 0.387 e. The van der Waals surface area contributed by atoms with Gasteiger partial charge in [-0.1, -0.05) is 6.07 Å². The summed E-state index contributed by atoms with van der Waals surface area (Å²) in [5, 5.41) is 5.95. The summed E-state index contributed by atoms with van der Waals surface area (Å²) in [5.74, 6) is 1.48. The highest BCUT2D eigenvalue weighted by Crippen LogP contribution is 2.29. The van der Waals surface area contributed by atoms with Crippen LogP contribution in [0, 0.1) is 5.92 Å². The number of benzene rings is 1. The highest BCUT2D eigenvalue weighted by Gasteiger charge is 2.23. The Morgan fingerprint density at radius 3 is 2.62 bits per heavy atom. The summed E-state index contributed by atoms with van der Waals surface area (Å²) >= 11 is 0. The summed E-state index contributed by atoms with van der Waals surface area (Å²) in [5.41, 5.74) is 0.742. The number of alkyl halides is 2. The number of rotatable bonds is 8. The fourth-order valence-corrected chi connectivity index (χ4v) is 3.31. The molecular formula is C20H30F2N4O3. The third-order valence-electron chi connectivity index (χ3n) is 4.86. The summed E-state index contributed by atoms with van der Waals surface area (Å²) in [4.78, 5) is 18.4. The van der Waals surface area contributed by atoms with Gasteiger partial charge in [-0.3, -0.25) is 4.79 Å². The average Bonchev–Trinajstić information content (AvgIpc) is 2.71. The highest BCUT2D eigenvalue weighted by atomic mass is 19.3. The van der Waals surface area contributed by atoms with Gasteiger partial charge in [-0.2, -0.15) is 8.78 Å². The van der Waals surface area contributed by atoms with Crippen LogP contribution in [0.3, 0.4) is 0 Å². The van der Waals surface area contributed by atoms with Gasteiger partial charge in [-0.05, 0) is 43.4 Å². The molecule has 162 valence electrons. The second-order valence-corrected chi connectivity index (χ2v) is 6.84. The molecule has 0 aromatic heterocycles. The summed E-state index contributed by atoms with van der Waals surface area (Å²) in [6.07, 6.45) is 2.40. The zero-order valence-electron chi connectivity index (χ0n) is 17.2. The molecule has 1 aliphatic heterocycles. The third kappa shape index (κ3) is 7.07. The predicted octanol–water partition coefficient (Wildman–Crippen LogP) is 2.61. The van der Waals surface area contributed by atoms with Crippen molar-refractivity contribution < 1.29 is 23.0 Å². The zero-order valence-corrected chi connectivity index (χ0v) is 17.2. The number of hydrogen-bond donors (Lipinski definition) is 2. The number of likely N-dealkylation sites (tertiary alicyclic amines) is 1. The molecule has 0 unspecified atom stereocenters. The van der Waals surface area contributed by atoms with E-state index in [1.54, 1.807) is 19.2 Å². The van der Waals surface area contributed by atoms with E-state index in [-0.39, 0.29) is 17.4 Å². The van der Waals surface area contributed by atoms with E-state index in [4.69, 9.17) is 4.74 Å². The van der Waals surface area contributed by atoms with Crippen molar-refractivity contribution in [2.75, 3.05) is 33.8 Å². The first kappa shape index (κ1) is 22.7. The van der Waals surface area contributed by atoms with E-state index in [0.717, 1.165) is 44.0 Å². The molecule has 1 amide bonds. The number of halogens is 2. The Labute approximate surface area is 170 Å². The first-order valence-corrected chi connectivity index (χ1v) is 9.82. The van der Waals surface area contributed by atoms with Gasteiger partial charge < -0.3 is 25.0 Å². The number of carbonyl (C=O) groups is 1. The molecule has 1 aromatic rings. The van der Waals surface area contributed by atoms with Crippen molar-refractivity contribution in [3.63, 3.8) is 0 Å². The lowest BCUT2D eigenvalue weighted by molar-refractivity contribution is -0.121. The van der Waals surface area contributed by atoms with Gasteiger partial charge in [-0.25, -0.2) is 4.99 Å². The lowest BCUT2D eigenvalue weighted by Crippen LogP contribution is -2.46. The maximum atomic E-state index is 12.6. The molecule has 0 bridgehead atoms. The lowest BCUT2D eigenvalue weighted by atomic mass is 9.93. The second-order valence-electron chi connectivity index (χ2n) is 6.84. The predicted molar refractivity (Wildman–Crippen MR) is 107 cm³/mol. The fraction of sp³-hybridized carbons (Fsp3) is 0.600. The third-order valence-corrected chi connectivity index (χ3v) is 4.86. The van der Waals surface area contributed by atoms with Crippen LogP contribution in [0.5, 0.6) is 11.5 Å². The minimum absolute atomic E-state index is 0.00443. The van der Waals surface area contributed by atoms with Crippen LogP contribution in [-0.4, -0.2) is 57.2 Å². The van der Waals surface area contributed by atoms with E-state index < -0.39 is 6.61 Å². The van der Waals surface area contributed by atoms with Gasteiger partial charge in [0.2, 0.25) is 5.91 Å². The van der Waals surface area contributed by atoms with Crippen molar-refractivity contribution in [2.24, 2.45) is 10.9 Å². The summed E-state index contributed by atoms with van der Waals surface area (Å²) in [6, 6.07) is 4.90. The van der Waals surface area contributed by atoms with Gasteiger partial charge in [0.25, 0.3) is 0 Å². The number of hydrogen-bond acceptors (Lipinski definition) is 4. The number of nitrogens with zero attached hydrogens (tertiary/aromatic N) is 2. The molecule has 9 heteroatoms. The number of aliphatic imine (C=N–C) groups is 1. The monoisotopic (exact) mass is 412 g/mol. The largest absolute Gasteiger partial charge is 0.493 e. The van der Waals surface area contributed by atoms with Crippen LogP contribution in [0.1, 0.15) is 31.7 Å². The van der Waals surface area contributed by atoms with Gasteiger partial charge in [0.1, 0.15) is 0 Å². The van der Waals surface area contributed by atoms with E-state index in [2.05, 4.69) is 25.3 Å². The Bertz CT molecular complexity index is 692. The van der Waals surface area contributed by atoms with Crippen LogP contribution in [0.4, 0.5) is 8.78 Å². The number of piperidine rings is 1. The van der Waals surface area contributed by atoms with Crippen LogP contribution in [0.15, 0.2) is 23.2 Å². The first-order valence-electron chi connectivity index (χ1n) is 9.82. The molecule has 0 spiro atoms. The van der Waals surface area contributed by atoms with Crippen LogP contribution in [-0.2, 0) is 11.3 Å². The first-order chi connectivity index (χ1) is 14.0. The number of methoxy groups -OCH3 is 1. The topological polar surface area (TPSA) is 75.2 Å². The minimum atomic E-state index is -2.92. The molecular weight excluding hydrogens is 382 g/mol. The Kier molecular flexibility index (Phi) is 8.95. The number of nitrogens with one attached hydrogen (secondary N) is 2. The van der Waals surface area contributed by atoms with Gasteiger partial charge in [-0.15, -0.1) is 0 Å². The van der Waals surface area contributed by atoms with Gasteiger partial charge in [0, 0.05) is 33.1 Å². The van der Waals surface area contributed by atoms with Gasteiger partial charge >= 0.3 is 6.61 Å². The van der Waals surface area contributed by atoms with Crippen molar-refractivity contribution >= 4 is 11.9 Å². The van der Waals surface area contributed by atoms with Gasteiger partial charge in [0.05, 0.1) is 13.7 Å². The maximum absolute atomic E-state index is 12.6. The molecule has 2 rings (SSSR count). The number of carbonyl (C=O) groups excluding carboxylic acids is 1. The standard InChI is InChI=1S/C20H30F2N4O3/c1-4-24-20(26-9-7-14(8-10-26)12-18(27)23-2)25-13-15-5-6-16(28-3)17(11-15)29-19(21)22/h5-6,11,14,19H,4,7-10,12-13H2,1-3H3,(H,23,27)(H,24,25). The van der Waals surface area contributed by atoms with E-state index in [0.29, 0.717) is 18.9 Å². The van der Waals surface area contributed by atoms with E-state index in [9.17, 15) is 13.6 Å². The zero-order chi connectivity index (χ0) is 21.2. The SMILES string of the molecule is CCNC(=NCc1ccc(OC)c(OC(F)F)c1)N1CCC(CC(=O)NC)CC1. The molecule has 0 radical (unpaired) electrons. The Balaban J connectivity index is 2.03. The molecule has 0 atom stereocenters. The molecule has 0 saturated carbocycles. The lowest BCUT2D eigenvalue weighted by Gasteiger charge is -2.34. The molecule has 29 heavy (non-hydrogen) atoms. The molecule has 1 saturated heterocycles. The smallest absolute Gasteiger partial charge is 0.387 e. The summed E-state index contributed by atoms with van der Waals surface area (Å²) < 4.78 is 34.8. The van der Waals surface area contributed by atoms with Crippen molar-refractivity contribution in [1.29, 1.82) is 0 Å². The summed E-state index contributed by atoms with van der Waals surface area (Å²) in [7, 11) is 3.06. The molecule has 2 N–H and O–H groups in total. The van der Waals surface area contributed by atoms with E-state index in [1.165, 1.54) is 13.2 Å². The van der Waals surface area contributed by atoms with Crippen LogP contribution < -0.4 is 20.1 Å². The molecule has 1 heterocycles. The fourth-order valence-electron chi connectivity index (χ4n) is 3.31. The average molecular weight is 412 g/mol. The van der Waals surface area contributed by atoms with Crippen LogP contribution >= 0.6 is 0 Å². The van der Waals surface area contributed by atoms with E-state index in [1.807, 2.05) is 6.92 Å². The quantitative estimate of drug-likeness (QED) is 0.507. The molecule has 1 aromatic carbocycles. The summed E-state index contributed by atoms with van der Waals surface area (Å²) in [6.45, 7) is 1.75. The van der Waals surface area contributed by atoms with Crippen molar-refractivity contribution in [3.8, 4) is 11.5 Å². The number of ether oxygens (including phenoxy) is 2. The molecule has 0 aliphatic carbocycles. The van der Waals surface area contributed by atoms with Crippen molar-refractivity contribution in [2.45, 2.75) is 39.3 Å². The van der Waals surface area contributed by atoms with E-state index >= 15 is 0 Å². The number of guanidine groups is 1. The van der Waals surface area contributed by atoms with Crippen molar-refractivity contribution in [1.82, 2.24) is 15.5 Å². The van der Waals surface area contributed by atoms with Crippen molar-refractivity contribution in [3.05, 3.63) is 23.8 Å². The minimum Gasteiger partial charge on any atom is -0.493 e. The second kappa shape index (κ2) is 11.4. The van der Waals surface area contributed by atoms with Crippen LogP contribution in [0.25, 0.3) is 0 Å². The Morgan fingerprint density at radius 2 is 2.03 bits per heavy atom. The highest BCUT2D eigenvalue weighted by molar-refractivity contribution is 5.80. The molecule has 7 nitrogen and oxygen atoms in total. The van der Waals surface area contributed by atoms with Gasteiger partial charge in [0.15, 0.2) is 17.5 Å². The Morgan fingerprint density at radius 1 is 1.31 bits per heavy atom. The molecule has 1 aliphatic rings. The molecule has 1 fully saturated rings. The Hall–Kier alpha value is -2.58. The number of amides is 1. The normalized spacial score (nSPS) is 15.4. The van der Waals surface area contributed by atoms with Crippen LogP contribution in [0.2, 0.25) is 0 Å².